The van der Waals surface area contributed by atoms with Crippen molar-refractivity contribution in [2.45, 2.75) is 20.3 Å². The minimum Gasteiger partial charge on any atom is -0.0779 e. The Morgan fingerprint density at radius 2 is 1.29 bits per heavy atom. The lowest BCUT2D eigenvalue weighted by Gasteiger charge is -2.29. The third-order valence-corrected chi connectivity index (χ3v) is 9.47. The van der Waals surface area contributed by atoms with Gasteiger partial charge in [-0.15, -0.1) is 0 Å². The highest BCUT2D eigenvalue weighted by Gasteiger charge is 2.26. The summed E-state index contributed by atoms with van der Waals surface area (Å²) in [6.45, 7) is 4.65. The van der Waals surface area contributed by atoms with Crippen LogP contribution in [0.5, 0.6) is 0 Å². The molecule has 0 atom stereocenters. The average molecular weight is 469 g/mol. The van der Waals surface area contributed by atoms with Crippen molar-refractivity contribution in [3.05, 3.63) is 132 Å². The van der Waals surface area contributed by atoms with Gasteiger partial charge in [-0.1, -0.05) is 141 Å². The van der Waals surface area contributed by atoms with Crippen LogP contribution in [0, 0.1) is 5.41 Å². The van der Waals surface area contributed by atoms with E-state index in [1.165, 1.54) is 48.9 Å². The van der Waals surface area contributed by atoms with Gasteiger partial charge in [0.25, 0.3) is 0 Å². The summed E-state index contributed by atoms with van der Waals surface area (Å²) in [6, 6.07) is 42.5. The van der Waals surface area contributed by atoms with E-state index in [0.717, 1.165) is 6.42 Å². The summed E-state index contributed by atoms with van der Waals surface area (Å²) in [5, 5.41) is 6.80. The molecule has 0 nitrogen and oxygen atoms in total. The number of rotatable bonds is 4. The van der Waals surface area contributed by atoms with Gasteiger partial charge >= 0.3 is 0 Å². The zero-order chi connectivity index (χ0) is 23.8. The molecule has 0 heterocycles. The quantitative estimate of drug-likeness (QED) is 0.236. The minimum absolute atomic E-state index is 0.188. The molecule has 0 unspecified atom stereocenters. The van der Waals surface area contributed by atoms with E-state index < -0.39 is 7.92 Å². The largest absolute Gasteiger partial charge is 0.0779 e. The van der Waals surface area contributed by atoms with E-state index in [-0.39, 0.29) is 5.41 Å². The van der Waals surface area contributed by atoms with Gasteiger partial charge in [0.15, 0.2) is 0 Å². The summed E-state index contributed by atoms with van der Waals surface area (Å²) >= 11 is 0. The Balaban J connectivity index is 1.68. The van der Waals surface area contributed by atoms with E-state index in [9.17, 15) is 0 Å². The molecule has 0 aromatic heterocycles. The minimum atomic E-state index is -0.720. The van der Waals surface area contributed by atoms with Gasteiger partial charge in [0.2, 0.25) is 0 Å². The van der Waals surface area contributed by atoms with Gasteiger partial charge in [0, 0.05) is 0 Å². The summed E-state index contributed by atoms with van der Waals surface area (Å²) in [5.74, 6) is 0. The number of fused-ring (bicyclic) bond motifs is 2. The maximum Gasteiger partial charge on any atom is -0.00156 e. The third kappa shape index (κ3) is 4.13. The van der Waals surface area contributed by atoms with Gasteiger partial charge in [-0.2, -0.15) is 0 Å². The zero-order valence-corrected chi connectivity index (χ0v) is 21.2. The molecule has 0 aliphatic heterocycles. The van der Waals surface area contributed by atoms with Gasteiger partial charge in [0.05, 0.1) is 0 Å². The summed E-state index contributed by atoms with van der Waals surface area (Å²) in [7, 11) is -0.720. The maximum atomic E-state index is 2.39. The topological polar surface area (TPSA) is 0 Å². The molecular weight excluding hydrogens is 439 g/mol. The highest BCUT2D eigenvalue weighted by Crippen LogP contribution is 2.43. The fraction of sp³-hybridized carbons (Fsp3) is 0.118. The second-order valence-corrected chi connectivity index (χ2v) is 12.2. The molecule has 0 fully saturated rings. The Kier molecular flexibility index (Phi) is 5.63. The number of hydrogen-bond donors (Lipinski definition) is 0. The maximum absolute atomic E-state index is 2.39. The van der Waals surface area contributed by atoms with E-state index in [1.807, 2.05) is 0 Å². The van der Waals surface area contributed by atoms with E-state index >= 15 is 0 Å². The standard InChI is InChI=1S/C34H29P/c1-34(2)23-22-29-26(24-34)13-11-19-31(29)33-30-18-10-9-12-25(30)20-21-32(33)35(27-14-5-3-6-15-27)28-16-7-4-8-17-28/h3-23H,24H2,1-2H3. The molecule has 1 heteroatoms. The van der Waals surface area contributed by atoms with Crippen LogP contribution in [0.25, 0.3) is 28.0 Å². The van der Waals surface area contributed by atoms with Crippen LogP contribution in [0.4, 0.5) is 0 Å². The first kappa shape index (κ1) is 22.0. The molecule has 0 radical (unpaired) electrons. The molecular formula is C34H29P. The highest BCUT2D eigenvalue weighted by atomic mass is 31.1. The predicted octanol–water partition coefficient (Wildman–Crippen LogP) is 7.86. The molecule has 1 aliphatic carbocycles. The molecule has 35 heavy (non-hydrogen) atoms. The molecule has 0 amide bonds. The summed E-state index contributed by atoms with van der Waals surface area (Å²) in [5.41, 5.74) is 5.73. The molecule has 0 saturated carbocycles. The van der Waals surface area contributed by atoms with Gasteiger partial charge in [0.1, 0.15) is 0 Å². The van der Waals surface area contributed by atoms with Crippen molar-refractivity contribution in [1.82, 2.24) is 0 Å². The molecule has 170 valence electrons. The fourth-order valence-electron chi connectivity index (χ4n) is 5.35. The van der Waals surface area contributed by atoms with Crippen LogP contribution in [0.3, 0.4) is 0 Å². The van der Waals surface area contributed by atoms with Crippen LogP contribution in [-0.2, 0) is 6.42 Å². The van der Waals surface area contributed by atoms with Gasteiger partial charge in [-0.3, -0.25) is 0 Å². The van der Waals surface area contributed by atoms with Gasteiger partial charge < -0.3 is 0 Å². The second-order valence-electron chi connectivity index (χ2n) is 10.1. The first-order valence-electron chi connectivity index (χ1n) is 12.3. The Labute approximate surface area is 209 Å². The van der Waals surface area contributed by atoms with Crippen molar-refractivity contribution >= 4 is 40.7 Å². The van der Waals surface area contributed by atoms with Crippen molar-refractivity contribution in [2.24, 2.45) is 5.41 Å². The smallest absolute Gasteiger partial charge is 0.00156 e. The SMILES string of the molecule is CC1(C)C=Cc2c(cccc2-c2c(P(c3ccccc3)c3ccccc3)ccc3ccccc23)C1. The lowest BCUT2D eigenvalue weighted by atomic mass is 9.77. The summed E-state index contributed by atoms with van der Waals surface area (Å²) < 4.78 is 0. The Bertz CT molecular complexity index is 1490. The van der Waals surface area contributed by atoms with Crippen molar-refractivity contribution in [3.63, 3.8) is 0 Å². The van der Waals surface area contributed by atoms with Crippen LogP contribution in [0.15, 0.2) is 121 Å². The highest BCUT2D eigenvalue weighted by molar-refractivity contribution is 7.80. The molecule has 0 spiro atoms. The Morgan fingerprint density at radius 3 is 2.00 bits per heavy atom. The van der Waals surface area contributed by atoms with E-state index in [2.05, 4.69) is 141 Å². The summed E-state index contributed by atoms with van der Waals surface area (Å²) in [4.78, 5) is 0. The normalized spacial score (nSPS) is 14.3. The van der Waals surface area contributed by atoms with Gasteiger partial charge in [-0.05, 0) is 68.7 Å². The fourth-order valence-corrected chi connectivity index (χ4v) is 7.83. The van der Waals surface area contributed by atoms with Crippen LogP contribution in [-0.4, -0.2) is 0 Å². The van der Waals surface area contributed by atoms with Crippen LogP contribution < -0.4 is 15.9 Å². The number of allylic oxidation sites excluding steroid dienone is 1. The van der Waals surface area contributed by atoms with Crippen molar-refractivity contribution in [2.75, 3.05) is 0 Å². The second kappa shape index (κ2) is 8.95. The Morgan fingerprint density at radius 1 is 0.629 bits per heavy atom. The molecule has 1 aliphatic rings. The van der Waals surface area contributed by atoms with E-state index in [0.29, 0.717) is 0 Å². The van der Waals surface area contributed by atoms with Crippen molar-refractivity contribution in [1.29, 1.82) is 0 Å². The van der Waals surface area contributed by atoms with Crippen LogP contribution in [0.1, 0.15) is 25.0 Å². The van der Waals surface area contributed by atoms with Gasteiger partial charge in [-0.25, -0.2) is 0 Å². The first-order chi connectivity index (χ1) is 17.1. The molecule has 6 rings (SSSR count). The number of benzene rings is 5. The molecule has 0 bridgehead atoms. The van der Waals surface area contributed by atoms with Crippen molar-refractivity contribution in [3.8, 4) is 11.1 Å². The average Bonchev–Trinajstić information content (AvgIpc) is 2.89. The van der Waals surface area contributed by atoms with Crippen LogP contribution in [0.2, 0.25) is 0 Å². The third-order valence-electron chi connectivity index (χ3n) is 6.99. The summed E-state index contributed by atoms with van der Waals surface area (Å²) in [6.07, 6.45) is 5.83. The van der Waals surface area contributed by atoms with E-state index in [1.54, 1.807) is 0 Å². The zero-order valence-electron chi connectivity index (χ0n) is 20.3. The molecule has 5 aromatic carbocycles. The first-order valence-corrected chi connectivity index (χ1v) is 13.7. The number of hydrogen-bond acceptors (Lipinski definition) is 0. The monoisotopic (exact) mass is 468 g/mol. The lowest BCUT2D eigenvalue weighted by Crippen LogP contribution is -2.23. The predicted molar refractivity (Wildman–Crippen MR) is 155 cm³/mol. The van der Waals surface area contributed by atoms with Crippen molar-refractivity contribution < 1.29 is 0 Å². The lowest BCUT2D eigenvalue weighted by molar-refractivity contribution is 0.475. The molecule has 0 N–H and O–H groups in total. The van der Waals surface area contributed by atoms with Crippen LogP contribution >= 0.6 is 7.92 Å². The Hall–Kier alpha value is -3.47. The molecule has 5 aromatic rings. The van der Waals surface area contributed by atoms with E-state index in [4.69, 9.17) is 0 Å². The molecule has 0 saturated heterocycles.